The molecule has 2 unspecified atom stereocenters. The van der Waals surface area contributed by atoms with Crippen LogP contribution in [0.5, 0.6) is 0 Å². The van der Waals surface area contributed by atoms with Gasteiger partial charge >= 0.3 is 6.18 Å². The Balaban J connectivity index is 1.52. The average molecular weight is 432 g/mol. The highest BCUT2D eigenvalue weighted by atomic mass is 19.4. The molecule has 0 spiro atoms. The van der Waals surface area contributed by atoms with E-state index < -0.39 is 17.8 Å². The lowest BCUT2D eigenvalue weighted by Crippen LogP contribution is -2.50. The number of benzene rings is 2. The van der Waals surface area contributed by atoms with E-state index in [2.05, 4.69) is 21.7 Å². The molecule has 2 atom stereocenters. The van der Waals surface area contributed by atoms with Crippen LogP contribution in [-0.2, 0) is 12.7 Å². The molecule has 1 aromatic heterocycles. The Bertz CT molecular complexity index is 1020. The van der Waals surface area contributed by atoms with E-state index in [4.69, 9.17) is 0 Å². The highest BCUT2D eigenvalue weighted by Gasteiger charge is 2.33. The van der Waals surface area contributed by atoms with Crippen molar-refractivity contribution in [2.45, 2.75) is 31.8 Å². The van der Waals surface area contributed by atoms with E-state index in [1.165, 1.54) is 12.1 Å². The number of halogens is 3. The summed E-state index contributed by atoms with van der Waals surface area (Å²) in [5, 5.41) is 10.8. The largest absolute Gasteiger partial charge is 0.416 e. The second-order valence-electron chi connectivity index (χ2n) is 8.07. The van der Waals surface area contributed by atoms with Gasteiger partial charge in [-0.05, 0) is 36.4 Å². The maximum Gasteiger partial charge on any atom is 0.416 e. The molecular formula is C23H27F3N4O. The van der Waals surface area contributed by atoms with Crippen LogP contribution in [0.25, 0.3) is 11.0 Å². The van der Waals surface area contributed by atoms with Crippen molar-refractivity contribution in [2.75, 3.05) is 32.7 Å². The Kier molecular flexibility index (Phi) is 6.31. The van der Waals surface area contributed by atoms with Crippen molar-refractivity contribution in [3.63, 3.8) is 0 Å². The number of likely N-dealkylation sites (N-methyl/N-ethyl adjacent to an activating group) is 1. The van der Waals surface area contributed by atoms with Gasteiger partial charge in [0.15, 0.2) is 0 Å². The quantitative estimate of drug-likeness (QED) is 0.644. The van der Waals surface area contributed by atoms with Gasteiger partial charge in [0, 0.05) is 32.2 Å². The van der Waals surface area contributed by atoms with Crippen LogP contribution in [-0.4, -0.2) is 63.3 Å². The second kappa shape index (κ2) is 8.98. The molecule has 0 amide bonds. The van der Waals surface area contributed by atoms with E-state index >= 15 is 0 Å². The van der Waals surface area contributed by atoms with Gasteiger partial charge in [-0.3, -0.25) is 4.90 Å². The zero-order chi connectivity index (χ0) is 22.0. The lowest BCUT2D eigenvalue weighted by molar-refractivity contribution is -0.137. The number of aromatic nitrogens is 2. The van der Waals surface area contributed by atoms with Crippen molar-refractivity contribution >= 4 is 11.0 Å². The van der Waals surface area contributed by atoms with Gasteiger partial charge in [-0.25, -0.2) is 4.98 Å². The van der Waals surface area contributed by atoms with Gasteiger partial charge in [0.25, 0.3) is 0 Å². The number of hydrogen-bond acceptors (Lipinski definition) is 4. The monoisotopic (exact) mass is 432 g/mol. The summed E-state index contributed by atoms with van der Waals surface area (Å²) in [6.45, 7) is 5.81. The highest BCUT2D eigenvalue weighted by molar-refractivity contribution is 5.74. The summed E-state index contributed by atoms with van der Waals surface area (Å²) in [6, 6.07) is 13.1. The van der Waals surface area contributed by atoms with Gasteiger partial charge < -0.3 is 14.6 Å². The Morgan fingerprint density at radius 3 is 2.68 bits per heavy atom. The van der Waals surface area contributed by atoms with Gasteiger partial charge in [-0.15, -0.1) is 0 Å². The fourth-order valence-corrected chi connectivity index (χ4v) is 4.33. The number of fused-ring (bicyclic) bond motifs is 1. The molecule has 0 aliphatic carbocycles. The first-order valence-electron chi connectivity index (χ1n) is 10.6. The van der Waals surface area contributed by atoms with Crippen LogP contribution in [0.2, 0.25) is 0 Å². The molecule has 3 aromatic rings. The summed E-state index contributed by atoms with van der Waals surface area (Å²) < 4.78 is 41.7. The minimum atomic E-state index is -4.37. The number of hydrogen-bond donors (Lipinski definition) is 1. The number of rotatable bonds is 6. The molecule has 0 bridgehead atoms. The molecule has 1 aliphatic heterocycles. The van der Waals surface area contributed by atoms with Crippen molar-refractivity contribution in [1.29, 1.82) is 0 Å². The summed E-state index contributed by atoms with van der Waals surface area (Å²) in [6.07, 6.45) is -3.33. The average Bonchev–Trinajstić information content (AvgIpc) is 3.16. The zero-order valence-corrected chi connectivity index (χ0v) is 17.5. The first-order chi connectivity index (χ1) is 14.8. The van der Waals surface area contributed by atoms with E-state index in [1.807, 2.05) is 28.8 Å². The van der Waals surface area contributed by atoms with Crippen molar-refractivity contribution in [3.8, 4) is 0 Å². The number of aliphatic hydroxyl groups excluding tert-OH is 1. The Morgan fingerprint density at radius 1 is 1.10 bits per heavy atom. The number of alkyl halides is 3. The number of imidazole rings is 1. The molecule has 0 saturated carbocycles. The van der Waals surface area contributed by atoms with Crippen molar-refractivity contribution in [2.24, 2.45) is 0 Å². The number of para-hydroxylation sites is 2. The molecule has 1 saturated heterocycles. The van der Waals surface area contributed by atoms with E-state index in [-0.39, 0.29) is 6.04 Å². The molecule has 31 heavy (non-hydrogen) atoms. The highest BCUT2D eigenvalue weighted by Crippen LogP contribution is 2.33. The zero-order valence-electron chi connectivity index (χ0n) is 17.5. The lowest BCUT2D eigenvalue weighted by Gasteiger charge is -2.42. The van der Waals surface area contributed by atoms with Crippen molar-refractivity contribution < 1.29 is 18.3 Å². The van der Waals surface area contributed by atoms with Gasteiger partial charge in [-0.2, -0.15) is 13.2 Å². The van der Waals surface area contributed by atoms with Crippen LogP contribution in [0.15, 0.2) is 54.9 Å². The molecule has 2 heterocycles. The van der Waals surface area contributed by atoms with Crippen LogP contribution in [0, 0.1) is 0 Å². The van der Waals surface area contributed by atoms with Gasteiger partial charge in [-0.1, -0.05) is 31.2 Å². The molecule has 0 radical (unpaired) electrons. The Hall–Kier alpha value is -2.42. The number of aliphatic hydroxyl groups is 1. The summed E-state index contributed by atoms with van der Waals surface area (Å²) in [4.78, 5) is 8.70. The first kappa shape index (κ1) is 21.8. The SMILES string of the molecule is CCN1CCN(CC(O)Cn2cnc3ccccc32)C(c2cccc(C(F)(F)F)c2)C1. The second-order valence-corrected chi connectivity index (χ2v) is 8.07. The predicted octanol–water partition coefficient (Wildman–Crippen LogP) is 3.79. The van der Waals surface area contributed by atoms with E-state index in [9.17, 15) is 18.3 Å². The van der Waals surface area contributed by atoms with Gasteiger partial charge in [0.1, 0.15) is 0 Å². The minimum Gasteiger partial charge on any atom is -0.390 e. The lowest BCUT2D eigenvalue weighted by atomic mass is 9.99. The van der Waals surface area contributed by atoms with Crippen LogP contribution >= 0.6 is 0 Å². The minimum absolute atomic E-state index is 0.204. The topological polar surface area (TPSA) is 44.5 Å². The Labute approximate surface area is 179 Å². The standard InChI is InChI=1S/C23H27F3N4O/c1-2-28-10-11-29(22(15-28)17-6-5-7-18(12-17)23(24,25)26)13-19(31)14-30-16-27-20-8-3-4-9-21(20)30/h3-9,12,16,19,22,31H,2,10-11,13-15H2,1H3. The fourth-order valence-electron chi connectivity index (χ4n) is 4.33. The van der Waals surface area contributed by atoms with Crippen molar-refractivity contribution in [3.05, 3.63) is 66.0 Å². The fraction of sp³-hybridized carbons (Fsp3) is 0.435. The summed E-state index contributed by atoms with van der Waals surface area (Å²) in [7, 11) is 0. The van der Waals surface area contributed by atoms with E-state index in [1.54, 1.807) is 12.4 Å². The third-order valence-electron chi connectivity index (χ3n) is 6.00. The van der Waals surface area contributed by atoms with Gasteiger partial charge in [0.2, 0.25) is 0 Å². The number of β-amino-alcohol motifs (C(OH)–C–C–N with tert-alkyl or cyclic N) is 1. The van der Waals surface area contributed by atoms with Gasteiger partial charge in [0.05, 0.1) is 35.6 Å². The summed E-state index contributed by atoms with van der Waals surface area (Å²) in [5.74, 6) is 0. The smallest absolute Gasteiger partial charge is 0.390 e. The molecule has 4 rings (SSSR count). The molecule has 1 N–H and O–H groups in total. The first-order valence-corrected chi connectivity index (χ1v) is 10.6. The van der Waals surface area contributed by atoms with E-state index in [0.717, 1.165) is 30.2 Å². The maximum absolute atomic E-state index is 13.3. The molecule has 8 heteroatoms. The van der Waals surface area contributed by atoms with Crippen LogP contribution in [0.1, 0.15) is 24.1 Å². The molecule has 1 fully saturated rings. The number of piperazine rings is 1. The van der Waals surface area contributed by atoms with Crippen LogP contribution in [0.4, 0.5) is 13.2 Å². The van der Waals surface area contributed by atoms with Crippen LogP contribution < -0.4 is 0 Å². The summed E-state index contributed by atoms with van der Waals surface area (Å²) in [5.41, 5.74) is 1.82. The number of nitrogens with zero attached hydrogens (tertiary/aromatic N) is 4. The predicted molar refractivity (Wildman–Crippen MR) is 114 cm³/mol. The van der Waals surface area contributed by atoms with Crippen molar-refractivity contribution in [1.82, 2.24) is 19.4 Å². The molecule has 1 aliphatic rings. The summed E-state index contributed by atoms with van der Waals surface area (Å²) >= 11 is 0. The third kappa shape index (κ3) is 4.92. The molecular weight excluding hydrogens is 405 g/mol. The Morgan fingerprint density at radius 2 is 1.90 bits per heavy atom. The van der Waals surface area contributed by atoms with E-state index in [0.29, 0.717) is 31.7 Å². The maximum atomic E-state index is 13.3. The molecule has 2 aromatic carbocycles. The molecule has 5 nitrogen and oxygen atoms in total. The van der Waals surface area contributed by atoms with Crippen LogP contribution in [0.3, 0.4) is 0 Å². The normalized spacial score (nSPS) is 19.7. The third-order valence-corrected chi connectivity index (χ3v) is 6.00. The molecule has 166 valence electrons.